The second-order valence-corrected chi connectivity index (χ2v) is 5.62. The fourth-order valence-electron chi connectivity index (χ4n) is 2.31. The highest BCUT2D eigenvalue weighted by Gasteiger charge is 2.18. The molecule has 1 aliphatic carbocycles. The van der Waals surface area contributed by atoms with Crippen molar-refractivity contribution in [2.45, 2.75) is 77.5 Å². The van der Waals surface area contributed by atoms with Crippen LogP contribution < -0.4 is 10.6 Å². The molecule has 0 heterocycles. The second kappa shape index (κ2) is 5.13. The van der Waals surface area contributed by atoms with Gasteiger partial charge in [-0.1, -0.05) is 19.3 Å². The van der Waals surface area contributed by atoms with Crippen LogP contribution in [0, 0.1) is 0 Å². The monoisotopic (exact) mass is 198 g/mol. The lowest BCUT2D eigenvalue weighted by Crippen LogP contribution is -2.52. The summed E-state index contributed by atoms with van der Waals surface area (Å²) in [5, 5.41) is 7.22. The molecule has 0 radical (unpaired) electrons. The van der Waals surface area contributed by atoms with Crippen molar-refractivity contribution in [3.05, 3.63) is 0 Å². The predicted octanol–water partition coefficient (Wildman–Crippen LogP) is 2.64. The lowest BCUT2D eigenvalue weighted by Gasteiger charge is -2.31. The average Bonchev–Trinajstić information content (AvgIpc) is 2.02. The smallest absolute Gasteiger partial charge is 0.0548 e. The van der Waals surface area contributed by atoms with Crippen LogP contribution >= 0.6 is 0 Å². The summed E-state index contributed by atoms with van der Waals surface area (Å²) in [6.07, 6.45) is 7.38. The maximum Gasteiger partial charge on any atom is 0.0548 e. The Morgan fingerprint density at radius 2 is 1.64 bits per heavy atom. The Kier molecular flexibility index (Phi) is 4.39. The summed E-state index contributed by atoms with van der Waals surface area (Å²) >= 11 is 0. The van der Waals surface area contributed by atoms with Crippen molar-refractivity contribution in [3.63, 3.8) is 0 Å². The van der Waals surface area contributed by atoms with Crippen molar-refractivity contribution in [2.75, 3.05) is 0 Å². The third-order valence-electron chi connectivity index (χ3n) is 2.74. The molecule has 0 bridgehead atoms. The quantitative estimate of drug-likeness (QED) is 0.681. The molecule has 0 aliphatic heterocycles. The molecule has 14 heavy (non-hydrogen) atoms. The molecule has 0 spiro atoms. The van der Waals surface area contributed by atoms with Gasteiger partial charge in [0, 0.05) is 11.6 Å². The first-order chi connectivity index (χ1) is 6.47. The Morgan fingerprint density at radius 3 is 2.14 bits per heavy atom. The van der Waals surface area contributed by atoms with Crippen molar-refractivity contribution in [2.24, 2.45) is 0 Å². The lowest BCUT2D eigenvalue weighted by molar-refractivity contribution is 0.276. The van der Waals surface area contributed by atoms with Crippen molar-refractivity contribution >= 4 is 0 Å². The number of rotatable bonds is 3. The van der Waals surface area contributed by atoms with Gasteiger partial charge >= 0.3 is 0 Å². The summed E-state index contributed by atoms with van der Waals surface area (Å²) in [7, 11) is 0. The molecule has 1 atom stereocenters. The molecule has 2 heteroatoms. The summed E-state index contributed by atoms with van der Waals surface area (Å²) < 4.78 is 0. The van der Waals surface area contributed by atoms with Crippen LogP contribution in [0.3, 0.4) is 0 Å². The number of hydrogen-bond donors (Lipinski definition) is 2. The van der Waals surface area contributed by atoms with E-state index in [1.807, 2.05) is 0 Å². The normalized spacial score (nSPS) is 22.3. The first kappa shape index (κ1) is 12.0. The zero-order valence-corrected chi connectivity index (χ0v) is 10.2. The number of nitrogens with one attached hydrogen (secondary N) is 2. The van der Waals surface area contributed by atoms with E-state index in [1.54, 1.807) is 0 Å². The Labute approximate surface area is 88.8 Å². The van der Waals surface area contributed by atoms with E-state index < -0.39 is 0 Å². The molecule has 2 N–H and O–H groups in total. The van der Waals surface area contributed by atoms with Gasteiger partial charge in [-0.25, -0.2) is 0 Å². The summed E-state index contributed by atoms with van der Waals surface area (Å²) in [6.45, 7) is 8.87. The molecule has 1 fully saturated rings. The fourth-order valence-corrected chi connectivity index (χ4v) is 2.31. The van der Waals surface area contributed by atoms with Gasteiger partial charge < -0.3 is 0 Å². The molecule has 0 aromatic heterocycles. The van der Waals surface area contributed by atoms with Crippen molar-refractivity contribution in [3.8, 4) is 0 Å². The van der Waals surface area contributed by atoms with E-state index in [0.29, 0.717) is 6.17 Å². The van der Waals surface area contributed by atoms with Gasteiger partial charge in [0.2, 0.25) is 0 Å². The molecule has 1 rings (SSSR count). The van der Waals surface area contributed by atoms with Crippen LogP contribution in [0.25, 0.3) is 0 Å². The highest BCUT2D eigenvalue weighted by molar-refractivity contribution is 4.78. The predicted molar refractivity (Wildman–Crippen MR) is 62.4 cm³/mol. The van der Waals surface area contributed by atoms with E-state index >= 15 is 0 Å². The van der Waals surface area contributed by atoms with Gasteiger partial charge in [-0.15, -0.1) is 0 Å². The Morgan fingerprint density at radius 1 is 1.07 bits per heavy atom. The van der Waals surface area contributed by atoms with Crippen LogP contribution in [0.4, 0.5) is 0 Å². The fraction of sp³-hybridized carbons (Fsp3) is 1.00. The topological polar surface area (TPSA) is 24.1 Å². The molecule has 0 aromatic carbocycles. The van der Waals surface area contributed by atoms with Crippen LogP contribution in [-0.4, -0.2) is 17.7 Å². The third-order valence-corrected chi connectivity index (χ3v) is 2.74. The van der Waals surface area contributed by atoms with Gasteiger partial charge in [-0.05, 0) is 40.5 Å². The first-order valence-electron chi connectivity index (χ1n) is 6.01. The molecule has 2 nitrogen and oxygen atoms in total. The molecule has 0 saturated heterocycles. The molecular weight excluding hydrogens is 172 g/mol. The van der Waals surface area contributed by atoms with E-state index in [0.717, 1.165) is 6.04 Å². The van der Waals surface area contributed by atoms with Gasteiger partial charge in [0.25, 0.3) is 0 Å². The van der Waals surface area contributed by atoms with Crippen LogP contribution in [0.5, 0.6) is 0 Å². The zero-order valence-electron chi connectivity index (χ0n) is 10.2. The van der Waals surface area contributed by atoms with Crippen LogP contribution in [0.15, 0.2) is 0 Å². The second-order valence-electron chi connectivity index (χ2n) is 5.62. The van der Waals surface area contributed by atoms with E-state index in [9.17, 15) is 0 Å². The SMILES string of the molecule is CC(NC1CCCCC1)NC(C)(C)C. The first-order valence-corrected chi connectivity index (χ1v) is 6.01. The molecule has 0 aromatic rings. The molecule has 1 aliphatic rings. The summed E-state index contributed by atoms with van der Waals surface area (Å²) in [5.41, 5.74) is 0.209. The van der Waals surface area contributed by atoms with Crippen molar-refractivity contribution in [1.82, 2.24) is 10.6 Å². The van der Waals surface area contributed by atoms with E-state index in [2.05, 4.69) is 38.3 Å². The van der Waals surface area contributed by atoms with Crippen LogP contribution in [-0.2, 0) is 0 Å². The molecule has 1 unspecified atom stereocenters. The standard InChI is InChI=1S/C12H26N2/c1-10(14-12(2,3)4)13-11-8-6-5-7-9-11/h10-11,13-14H,5-9H2,1-4H3. The van der Waals surface area contributed by atoms with Gasteiger partial charge in [-0.2, -0.15) is 0 Å². The van der Waals surface area contributed by atoms with Crippen LogP contribution in [0.2, 0.25) is 0 Å². The Hall–Kier alpha value is -0.0800. The maximum absolute atomic E-state index is 3.66. The summed E-state index contributed by atoms with van der Waals surface area (Å²) in [5.74, 6) is 0. The largest absolute Gasteiger partial charge is 0.299 e. The number of hydrogen-bond acceptors (Lipinski definition) is 2. The van der Waals surface area contributed by atoms with Gasteiger partial charge in [0.05, 0.1) is 6.17 Å². The molecule has 84 valence electrons. The minimum atomic E-state index is 0.209. The van der Waals surface area contributed by atoms with E-state index in [4.69, 9.17) is 0 Å². The van der Waals surface area contributed by atoms with Crippen molar-refractivity contribution in [1.29, 1.82) is 0 Å². The summed E-state index contributed by atoms with van der Waals surface area (Å²) in [4.78, 5) is 0. The van der Waals surface area contributed by atoms with E-state index in [-0.39, 0.29) is 5.54 Å². The molecule has 0 amide bonds. The third kappa shape index (κ3) is 4.97. The Balaban J connectivity index is 2.21. The minimum Gasteiger partial charge on any atom is -0.299 e. The molecule has 1 saturated carbocycles. The lowest BCUT2D eigenvalue weighted by atomic mass is 9.95. The minimum absolute atomic E-state index is 0.209. The van der Waals surface area contributed by atoms with E-state index in [1.165, 1.54) is 32.1 Å². The summed E-state index contributed by atoms with van der Waals surface area (Å²) in [6, 6.07) is 0.744. The zero-order chi connectivity index (χ0) is 10.6. The molecular formula is C12H26N2. The van der Waals surface area contributed by atoms with Crippen LogP contribution in [0.1, 0.15) is 59.8 Å². The highest BCUT2D eigenvalue weighted by atomic mass is 15.2. The van der Waals surface area contributed by atoms with Gasteiger partial charge in [0.1, 0.15) is 0 Å². The van der Waals surface area contributed by atoms with Gasteiger partial charge in [-0.3, -0.25) is 10.6 Å². The average molecular weight is 198 g/mol. The highest BCUT2D eigenvalue weighted by Crippen LogP contribution is 2.17. The van der Waals surface area contributed by atoms with Gasteiger partial charge in [0.15, 0.2) is 0 Å². The van der Waals surface area contributed by atoms with Crippen molar-refractivity contribution < 1.29 is 0 Å². The Bertz CT molecular complexity index is 154. The maximum atomic E-state index is 3.66.